The summed E-state index contributed by atoms with van der Waals surface area (Å²) < 4.78 is 0. The lowest BCUT2D eigenvalue weighted by Gasteiger charge is -1.88. The number of carbonyl (C=O) groups is 1. The van der Waals surface area contributed by atoms with Crippen molar-refractivity contribution in [3.8, 4) is 0 Å². The van der Waals surface area contributed by atoms with Gasteiger partial charge in [0.2, 0.25) is 0 Å². The van der Waals surface area contributed by atoms with Gasteiger partial charge in [-0.1, -0.05) is 6.08 Å². The zero-order valence-electron chi connectivity index (χ0n) is 6.66. The molecule has 0 saturated heterocycles. The van der Waals surface area contributed by atoms with Gasteiger partial charge in [-0.25, -0.2) is 0 Å². The van der Waals surface area contributed by atoms with Crippen molar-refractivity contribution < 1.29 is 4.79 Å². The summed E-state index contributed by atoms with van der Waals surface area (Å²) in [6, 6.07) is 0. The third-order valence-electron chi connectivity index (χ3n) is 1.06. The molecule has 0 bridgehead atoms. The Morgan fingerprint density at radius 3 is 2.91 bits per heavy atom. The highest BCUT2D eigenvalue weighted by atomic mass is 32.1. The van der Waals surface area contributed by atoms with Crippen LogP contribution in [-0.2, 0) is 4.79 Å². The summed E-state index contributed by atoms with van der Waals surface area (Å²) in [7, 11) is 0. The number of allylic oxidation sites excluding steroid dienone is 1. The highest BCUT2D eigenvalue weighted by molar-refractivity contribution is 7.96. The largest absolute Gasteiger partial charge is 0.288 e. The van der Waals surface area contributed by atoms with Crippen LogP contribution in [0.25, 0.3) is 0 Å². The van der Waals surface area contributed by atoms with E-state index in [9.17, 15) is 4.79 Å². The molecule has 0 aliphatic carbocycles. The van der Waals surface area contributed by atoms with Crippen molar-refractivity contribution in [3.63, 3.8) is 0 Å². The first-order chi connectivity index (χ1) is 5.27. The van der Waals surface area contributed by atoms with Crippen molar-refractivity contribution >= 4 is 24.0 Å². The van der Waals surface area contributed by atoms with Crippen molar-refractivity contribution in [2.75, 3.05) is 0 Å². The van der Waals surface area contributed by atoms with Gasteiger partial charge in [0.25, 0.3) is 0 Å². The zero-order chi connectivity index (χ0) is 8.53. The van der Waals surface area contributed by atoms with Crippen LogP contribution >= 0.6 is 12.6 Å². The van der Waals surface area contributed by atoms with Crippen molar-refractivity contribution in [1.82, 2.24) is 0 Å². The molecule has 0 aliphatic rings. The van der Waals surface area contributed by atoms with Gasteiger partial charge in [-0.2, -0.15) is 0 Å². The molecule has 11 heavy (non-hydrogen) atoms. The Balaban J connectivity index is 3.20. The van der Waals surface area contributed by atoms with Gasteiger partial charge in [0, 0.05) is 18.8 Å². The average Bonchev–Trinajstić information content (AvgIpc) is 1.96. The minimum Gasteiger partial charge on any atom is -0.288 e. The molecule has 0 aromatic heterocycles. The van der Waals surface area contributed by atoms with E-state index in [1.807, 2.05) is 13.0 Å². The van der Waals surface area contributed by atoms with Crippen LogP contribution < -0.4 is 0 Å². The van der Waals surface area contributed by atoms with Crippen molar-refractivity contribution in [2.45, 2.75) is 26.2 Å². The van der Waals surface area contributed by atoms with Crippen molar-refractivity contribution in [3.05, 3.63) is 12.3 Å². The van der Waals surface area contributed by atoms with Crippen molar-refractivity contribution in [1.29, 1.82) is 0 Å². The van der Waals surface area contributed by atoms with E-state index in [2.05, 4.69) is 17.6 Å². The number of rotatable bonds is 5. The topological polar surface area (TPSA) is 29.4 Å². The maximum Gasteiger partial charge on any atom is 0.185 e. The summed E-state index contributed by atoms with van der Waals surface area (Å²) in [6.07, 6.45) is 7.60. The minimum absolute atomic E-state index is 0.0515. The Morgan fingerprint density at radius 1 is 1.64 bits per heavy atom. The van der Waals surface area contributed by atoms with E-state index in [1.54, 1.807) is 12.4 Å². The van der Waals surface area contributed by atoms with Crippen LogP contribution in [0.4, 0.5) is 0 Å². The predicted molar refractivity (Wildman–Crippen MR) is 51.2 cm³/mol. The molecular weight excluding hydrogens is 158 g/mol. The first-order valence-electron chi connectivity index (χ1n) is 3.62. The molecule has 0 aromatic rings. The summed E-state index contributed by atoms with van der Waals surface area (Å²) in [5, 5.41) is -0.0515. The third kappa shape index (κ3) is 9.43. The lowest BCUT2D eigenvalue weighted by molar-refractivity contribution is -0.110. The fraction of sp³-hybridized carbons (Fsp3) is 0.500. The van der Waals surface area contributed by atoms with Crippen molar-refractivity contribution in [2.24, 2.45) is 4.99 Å². The van der Waals surface area contributed by atoms with Gasteiger partial charge in [0.1, 0.15) is 0 Å². The van der Waals surface area contributed by atoms with Gasteiger partial charge >= 0.3 is 0 Å². The van der Waals surface area contributed by atoms with Crippen LogP contribution in [0.15, 0.2) is 17.3 Å². The molecule has 0 heterocycles. The Bertz CT molecular complexity index is 163. The molecule has 3 heteroatoms. The smallest absolute Gasteiger partial charge is 0.185 e. The molecule has 0 fully saturated rings. The normalized spacial score (nSPS) is 11.5. The van der Waals surface area contributed by atoms with E-state index >= 15 is 0 Å². The predicted octanol–water partition coefficient (Wildman–Crippen LogP) is 2.22. The second kappa shape index (κ2) is 7.54. The Labute approximate surface area is 72.8 Å². The van der Waals surface area contributed by atoms with E-state index in [1.165, 1.54) is 0 Å². The van der Waals surface area contributed by atoms with E-state index in [-0.39, 0.29) is 5.12 Å². The Hall–Kier alpha value is -0.570. The van der Waals surface area contributed by atoms with Gasteiger partial charge in [-0.3, -0.25) is 9.79 Å². The Kier molecular flexibility index (Phi) is 7.15. The SMILES string of the molecule is C/C=C\N=CCCCC(=O)S. The van der Waals surface area contributed by atoms with Crippen LogP contribution in [0.2, 0.25) is 0 Å². The molecule has 0 spiro atoms. The highest BCUT2D eigenvalue weighted by Crippen LogP contribution is 1.96. The lowest BCUT2D eigenvalue weighted by Crippen LogP contribution is -1.85. The monoisotopic (exact) mass is 171 g/mol. The molecule has 0 amide bonds. The average molecular weight is 171 g/mol. The fourth-order valence-corrected chi connectivity index (χ4v) is 0.724. The van der Waals surface area contributed by atoms with Crippen LogP contribution in [0.1, 0.15) is 26.2 Å². The zero-order valence-corrected chi connectivity index (χ0v) is 7.55. The molecule has 0 saturated carbocycles. The number of hydrogen-bond acceptors (Lipinski definition) is 2. The molecule has 0 unspecified atom stereocenters. The van der Waals surface area contributed by atoms with E-state index in [0.717, 1.165) is 12.8 Å². The summed E-state index contributed by atoms with van der Waals surface area (Å²) >= 11 is 3.64. The van der Waals surface area contributed by atoms with Gasteiger partial charge in [-0.05, 0) is 19.8 Å². The fourth-order valence-electron chi connectivity index (χ4n) is 0.566. The van der Waals surface area contributed by atoms with Crippen LogP contribution in [-0.4, -0.2) is 11.3 Å². The second-order valence-corrected chi connectivity index (χ2v) is 2.60. The Morgan fingerprint density at radius 2 is 2.36 bits per heavy atom. The first-order valence-corrected chi connectivity index (χ1v) is 4.06. The summed E-state index contributed by atoms with van der Waals surface area (Å²) in [5.74, 6) is 0. The van der Waals surface area contributed by atoms with Gasteiger partial charge in [0.15, 0.2) is 5.12 Å². The molecule has 0 aliphatic heterocycles. The van der Waals surface area contributed by atoms with Crippen LogP contribution in [0, 0.1) is 0 Å². The molecular formula is C8H13NOS. The third-order valence-corrected chi connectivity index (χ3v) is 1.29. The molecule has 0 N–H and O–H groups in total. The number of carbonyl (C=O) groups excluding carboxylic acids is 1. The minimum atomic E-state index is -0.0515. The van der Waals surface area contributed by atoms with Gasteiger partial charge in [-0.15, -0.1) is 12.6 Å². The maximum absolute atomic E-state index is 10.3. The van der Waals surface area contributed by atoms with Crippen LogP contribution in [0.5, 0.6) is 0 Å². The standard InChI is InChI=1S/C8H13NOS/c1-2-6-9-7-4-3-5-8(10)11/h2,6-7H,3-5H2,1H3,(H,10,11)/b6-2-,9-7?. The first kappa shape index (κ1) is 10.4. The highest BCUT2D eigenvalue weighted by Gasteiger charge is 1.90. The summed E-state index contributed by atoms with van der Waals surface area (Å²) in [5.41, 5.74) is 0. The molecule has 0 aromatic carbocycles. The molecule has 0 atom stereocenters. The quantitative estimate of drug-likeness (QED) is 0.383. The van der Waals surface area contributed by atoms with Gasteiger partial charge < -0.3 is 0 Å². The number of aliphatic imine (C=N–C) groups is 1. The van der Waals surface area contributed by atoms with E-state index < -0.39 is 0 Å². The van der Waals surface area contributed by atoms with Crippen LogP contribution in [0.3, 0.4) is 0 Å². The number of thiol groups is 1. The lowest BCUT2D eigenvalue weighted by atomic mass is 10.3. The molecule has 2 nitrogen and oxygen atoms in total. The molecule has 0 radical (unpaired) electrons. The van der Waals surface area contributed by atoms with E-state index in [4.69, 9.17) is 0 Å². The summed E-state index contributed by atoms with van der Waals surface area (Å²) in [6.45, 7) is 1.91. The number of nitrogens with zero attached hydrogens (tertiary/aromatic N) is 1. The van der Waals surface area contributed by atoms with E-state index in [0.29, 0.717) is 6.42 Å². The number of hydrogen-bond donors (Lipinski definition) is 1. The molecule has 62 valence electrons. The number of unbranched alkanes of at least 4 members (excludes halogenated alkanes) is 1. The summed E-state index contributed by atoms with van der Waals surface area (Å²) in [4.78, 5) is 14.3. The second-order valence-electron chi connectivity index (χ2n) is 2.10. The maximum atomic E-state index is 10.3. The molecule has 0 rings (SSSR count). The van der Waals surface area contributed by atoms with Gasteiger partial charge in [0.05, 0.1) is 0 Å².